The first-order valence-electron chi connectivity index (χ1n) is 10.6. The largest absolute Gasteiger partial charge is 0.395 e. The van der Waals surface area contributed by atoms with Crippen LogP contribution in [0.25, 0.3) is 22.2 Å². The zero-order valence-electron chi connectivity index (χ0n) is 17.9. The van der Waals surface area contributed by atoms with E-state index in [9.17, 15) is 9.90 Å². The van der Waals surface area contributed by atoms with Gasteiger partial charge in [0.05, 0.1) is 12.3 Å². The van der Waals surface area contributed by atoms with E-state index >= 15 is 0 Å². The lowest BCUT2D eigenvalue weighted by atomic mass is 10.1. The van der Waals surface area contributed by atoms with E-state index in [1.165, 1.54) is 0 Å². The van der Waals surface area contributed by atoms with E-state index in [4.69, 9.17) is 0 Å². The summed E-state index contributed by atoms with van der Waals surface area (Å²) < 4.78 is 0. The molecule has 158 valence electrons. The number of aliphatic hydroxyl groups is 1. The molecule has 2 aromatic heterocycles. The molecule has 3 heterocycles. The van der Waals surface area contributed by atoms with Crippen LogP contribution in [0.5, 0.6) is 0 Å². The summed E-state index contributed by atoms with van der Waals surface area (Å²) in [5.74, 6) is -0.168. The average Bonchev–Trinajstić information content (AvgIpc) is 3.32. The van der Waals surface area contributed by atoms with Crippen molar-refractivity contribution in [1.82, 2.24) is 20.2 Å². The van der Waals surface area contributed by atoms with Crippen molar-refractivity contribution in [3.63, 3.8) is 0 Å². The molecule has 30 heavy (non-hydrogen) atoms. The van der Waals surface area contributed by atoms with Crippen molar-refractivity contribution in [3.8, 4) is 11.3 Å². The number of aromatic nitrogens is 2. The Morgan fingerprint density at radius 3 is 2.87 bits per heavy atom. The molecule has 1 aromatic carbocycles. The van der Waals surface area contributed by atoms with Gasteiger partial charge in [-0.3, -0.25) is 9.69 Å². The smallest absolute Gasteiger partial charge is 0.270 e. The monoisotopic (exact) mass is 406 g/mol. The molecular formula is C24H30N4O2. The minimum Gasteiger partial charge on any atom is -0.395 e. The summed E-state index contributed by atoms with van der Waals surface area (Å²) >= 11 is 0. The number of rotatable bonds is 5. The van der Waals surface area contributed by atoms with E-state index in [1.807, 2.05) is 39.0 Å². The quantitative estimate of drug-likeness (QED) is 0.603. The Bertz CT molecular complexity index is 1050. The molecule has 3 N–H and O–H groups in total. The third-order valence-electron chi connectivity index (χ3n) is 5.53. The number of H-pyrrole nitrogens is 1. The number of aliphatic hydroxyl groups excluding tert-OH is 1. The Morgan fingerprint density at radius 1 is 1.27 bits per heavy atom. The van der Waals surface area contributed by atoms with E-state index in [0.29, 0.717) is 5.69 Å². The second-order valence-corrected chi connectivity index (χ2v) is 9.16. The SMILES string of the molecule is CC(C)(C)NC(=O)c1cccc(-c2ccc3[nH]c(CN4CCC[C@@H]4CO)cc3c2)n1. The van der Waals surface area contributed by atoms with Gasteiger partial charge in [-0.25, -0.2) is 4.98 Å². The molecule has 0 radical (unpaired) electrons. The van der Waals surface area contributed by atoms with Crippen LogP contribution in [-0.2, 0) is 6.54 Å². The summed E-state index contributed by atoms with van der Waals surface area (Å²) in [5.41, 5.74) is 4.10. The van der Waals surface area contributed by atoms with Crippen molar-refractivity contribution < 1.29 is 9.90 Å². The number of carbonyl (C=O) groups excluding carboxylic acids is 1. The van der Waals surface area contributed by atoms with Gasteiger partial charge in [0.1, 0.15) is 5.69 Å². The Balaban J connectivity index is 1.57. The van der Waals surface area contributed by atoms with E-state index in [1.54, 1.807) is 6.07 Å². The molecule has 4 rings (SSSR count). The molecule has 3 aromatic rings. The van der Waals surface area contributed by atoms with Gasteiger partial charge in [-0.15, -0.1) is 0 Å². The van der Waals surface area contributed by atoms with E-state index in [0.717, 1.165) is 53.8 Å². The molecule has 1 fully saturated rings. The maximum absolute atomic E-state index is 12.5. The fourth-order valence-electron chi connectivity index (χ4n) is 4.09. The molecule has 0 saturated carbocycles. The number of aromatic amines is 1. The molecule has 0 spiro atoms. The number of nitrogens with one attached hydrogen (secondary N) is 2. The number of benzene rings is 1. The van der Waals surface area contributed by atoms with Crippen LogP contribution < -0.4 is 5.32 Å². The van der Waals surface area contributed by atoms with E-state index < -0.39 is 0 Å². The van der Waals surface area contributed by atoms with E-state index in [-0.39, 0.29) is 24.1 Å². The topological polar surface area (TPSA) is 81.2 Å². The van der Waals surface area contributed by atoms with Gasteiger partial charge in [-0.1, -0.05) is 12.1 Å². The molecule has 1 amide bonds. The number of hydrogen-bond acceptors (Lipinski definition) is 4. The van der Waals surface area contributed by atoms with Crippen LogP contribution >= 0.6 is 0 Å². The van der Waals surface area contributed by atoms with Crippen molar-refractivity contribution in [3.05, 3.63) is 53.9 Å². The van der Waals surface area contributed by atoms with Crippen LogP contribution in [0.2, 0.25) is 0 Å². The first-order valence-corrected chi connectivity index (χ1v) is 10.6. The van der Waals surface area contributed by atoms with Gasteiger partial charge in [-0.05, 0) is 70.5 Å². The highest BCUT2D eigenvalue weighted by atomic mass is 16.3. The highest BCUT2D eigenvalue weighted by Gasteiger charge is 2.24. The maximum atomic E-state index is 12.5. The van der Waals surface area contributed by atoms with Gasteiger partial charge in [0.2, 0.25) is 0 Å². The van der Waals surface area contributed by atoms with Crippen LogP contribution in [-0.4, -0.2) is 50.6 Å². The van der Waals surface area contributed by atoms with Gasteiger partial charge in [0.15, 0.2) is 0 Å². The van der Waals surface area contributed by atoms with Crippen molar-refractivity contribution in [2.24, 2.45) is 0 Å². The molecular weight excluding hydrogens is 376 g/mol. The number of hydrogen-bond donors (Lipinski definition) is 3. The fourth-order valence-corrected chi connectivity index (χ4v) is 4.09. The zero-order valence-corrected chi connectivity index (χ0v) is 17.9. The first-order chi connectivity index (χ1) is 14.3. The lowest BCUT2D eigenvalue weighted by molar-refractivity contribution is 0.0914. The van der Waals surface area contributed by atoms with Gasteiger partial charge in [-0.2, -0.15) is 0 Å². The van der Waals surface area contributed by atoms with Gasteiger partial charge in [0.25, 0.3) is 5.91 Å². The Hall–Kier alpha value is -2.70. The summed E-state index contributed by atoms with van der Waals surface area (Å²) in [5, 5.41) is 13.6. The highest BCUT2D eigenvalue weighted by Crippen LogP contribution is 2.26. The third kappa shape index (κ3) is 4.55. The summed E-state index contributed by atoms with van der Waals surface area (Å²) in [6.45, 7) is 7.93. The number of nitrogens with zero attached hydrogens (tertiary/aromatic N) is 2. The second-order valence-electron chi connectivity index (χ2n) is 9.16. The minimum atomic E-state index is -0.306. The lowest BCUT2D eigenvalue weighted by Gasteiger charge is -2.21. The number of carbonyl (C=O) groups is 1. The molecule has 0 aliphatic carbocycles. The van der Waals surface area contributed by atoms with Gasteiger partial charge in [0, 0.05) is 40.3 Å². The first kappa shape index (κ1) is 20.6. The van der Waals surface area contributed by atoms with Crippen LogP contribution in [0, 0.1) is 0 Å². The molecule has 0 bridgehead atoms. The van der Waals surface area contributed by atoms with Crippen LogP contribution in [0.3, 0.4) is 0 Å². The van der Waals surface area contributed by atoms with E-state index in [2.05, 4.69) is 38.4 Å². The molecule has 6 nitrogen and oxygen atoms in total. The fraction of sp³-hybridized carbons (Fsp3) is 0.417. The third-order valence-corrected chi connectivity index (χ3v) is 5.53. The molecule has 6 heteroatoms. The average molecular weight is 407 g/mol. The highest BCUT2D eigenvalue weighted by molar-refractivity contribution is 5.93. The molecule has 0 unspecified atom stereocenters. The predicted octanol–water partition coefficient (Wildman–Crippen LogP) is 3.71. The van der Waals surface area contributed by atoms with Crippen LogP contribution in [0.4, 0.5) is 0 Å². The zero-order chi connectivity index (χ0) is 21.3. The van der Waals surface area contributed by atoms with Crippen molar-refractivity contribution in [1.29, 1.82) is 0 Å². The number of amides is 1. The number of fused-ring (bicyclic) bond motifs is 1. The lowest BCUT2D eigenvalue weighted by Crippen LogP contribution is -2.40. The maximum Gasteiger partial charge on any atom is 0.270 e. The second kappa shape index (κ2) is 8.20. The summed E-state index contributed by atoms with van der Waals surface area (Å²) in [6, 6.07) is 14.2. The predicted molar refractivity (Wildman–Crippen MR) is 119 cm³/mol. The van der Waals surface area contributed by atoms with Crippen molar-refractivity contribution in [2.75, 3.05) is 13.2 Å². The van der Waals surface area contributed by atoms with Crippen LogP contribution in [0.15, 0.2) is 42.5 Å². The Morgan fingerprint density at radius 2 is 2.10 bits per heavy atom. The van der Waals surface area contributed by atoms with Gasteiger partial charge < -0.3 is 15.4 Å². The minimum absolute atomic E-state index is 0.168. The molecule has 1 saturated heterocycles. The van der Waals surface area contributed by atoms with Crippen molar-refractivity contribution in [2.45, 2.75) is 51.7 Å². The Kier molecular flexibility index (Phi) is 5.62. The number of pyridine rings is 1. The Labute approximate surface area is 177 Å². The normalized spacial score (nSPS) is 17.5. The standard InChI is InChI=1S/C24H30N4O2/c1-24(2,3)27-23(30)22-8-4-7-20(26-22)16-9-10-21-17(12-16)13-18(25-21)14-28-11-5-6-19(28)15-29/h4,7-10,12-13,19,25,29H,5-6,11,14-15H2,1-3H3,(H,27,30)/t19-/m1/s1. The summed E-state index contributed by atoms with van der Waals surface area (Å²) in [7, 11) is 0. The number of likely N-dealkylation sites (tertiary alicyclic amines) is 1. The van der Waals surface area contributed by atoms with Crippen molar-refractivity contribution >= 4 is 16.8 Å². The summed E-state index contributed by atoms with van der Waals surface area (Å²) in [6.07, 6.45) is 2.20. The summed E-state index contributed by atoms with van der Waals surface area (Å²) in [4.78, 5) is 22.9. The molecule has 1 aliphatic heterocycles. The van der Waals surface area contributed by atoms with Crippen LogP contribution in [0.1, 0.15) is 49.8 Å². The molecule has 1 atom stereocenters. The molecule has 1 aliphatic rings. The van der Waals surface area contributed by atoms with Gasteiger partial charge >= 0.3 is 0 Å².